The van der Waals surface area contributed by atoms with Gasteiger partial charge in [0.05, 0.1) is 6.61 Å². The highest BCUT2D eigenvalue weighted by atomic mass is 28.2. The molecule has 0 rings (SSSR count). The monoisotopic (exact) mass is 260 g/mol. The Morgan fingerprint density at radius 1 is 1.24 bits per heavy atom. The highest BCUT2D eigenvalue weighted by Crippen LogP contribution is 1.97. The number of amides is 2. The van der Waals surface area contributed by atoms with Crippen molar-refractivity contribution in [3.05, 3.63) is 0 Å². The zero-order valence-electron chi connectivity index (χ0n) is 10.6. The number of hydrogen-bond donors (Lipinski definition) is 0. The van der Waals surface area contributed by atoms with Crippen LogP contribution in [0, 0.1) is 5.92 Å². The normalized spacial score (nSPS) is 11.5. The van der Waals surface area contributed by atoms with E-state index < -0.39 is 21.9 Å². The number of carbonyl (C=O) groups excluding carboxylic acids is 2. The van der Waals surface area contributed by atoms with E-state index in [-0.39, 0.29) is 12.5 Å². The van der Waals surface area contributed by atoms with Gasteiger partial charge in [0.2, 0.25) is 9.76 Å². The molecule has 0 atom stereocenters. The summed E-state index contributed by atoms with van der Waals surface area (Å²) in [6, 6.07) is 0.926. The Kier molecular flexibility index (Phi) is 9.22. The lowest BCUT2D eigenvalue weighted by Gasteiger charge is -2.02. The molecule has 6 nitrogen and oxygen atoms in total. The molecule has 0 radical (unpaired) electrons. The maximum atomic E-state index is 11.0. The van der Waals surface area contributed by atoms with E-state index in [1.807, 2.05) is 13.8 Å². The Balaban J connectivity index is 3.67. The number of carbonyl (C=O) groups is 2. The third-order valence-electron chi connectivity index (χ3n) is 1.73. The summed E-state index contributed by atoms with van der Waals surface area (Å²) in [7, 11) is -0.872. The summed E-state index contributed by atoms with van der Waals surface area (Å²) < 4.78 is 9.55. The van der Waals surface area contributed by atoms with Crippen molar-refractivity contribution in [3.8, 4) is 0 Å². The molecule has 0 saturated carbocycles. The topological polar surface area (TPSA) is 77.3 Å². The maximum absolute atomic E-state index is 11.0. The molecule has 0 aliphatic heterocycles. The number of unbranched alkanes of at least 4 members (excludes halogenated alkanes) is 1. The second kappa shape index (κ2) is 9.95. The first-order valence-electron chi connectivity index (χ1n) is 5.81. The van der Waals surface area contributed by atoms with Crippen molar-refractivity contribution >= 4 is 21.9 Å². The Morgan fingerprint density at radius 3 is 2.47 bits per heavy atom. The molecule has 0 spiro atoms. The smallest absolute Gasteiger partial charge is 0.452 e. The summed E-state index contributed by atoms with van der Waals surface area (Å²) in [4.78, 5) is 21.9. The van der Waals surface area contributed by atoms with E-state index in [1.165, 1.54) is 0 Å². The molecule has 0 aromatic rings. The maximum Gasteiger partial charge on any atom is 0.452 e. The number of ether oxygens (including phenoxy) is 1. The van der Waals surface area contributed by atoms with Crippen LogP contribution in [-0.4, -0.2) is 28.6 Å². The molecule has 0 saturated heterocycles. The first kappa shape index (κ1) is 15.8. The molecule has 17 heavy (non-hydrogen) atoms. The summed E-state index contributed by atoms with van der Waals surface area (Å²) >= 11 is 0. The quantitative estimate of drug-likeness (QED) is 0.418. The van der Waals surface area contributed by atoms with Gasteiger partial charge in [-0.2, -0.15) is 0 Å². The minimum atomic E-state index is -0.872. The number of nitrogens with zero attached hydrogens (tertiary/aromatic N) is 2. The van der Waals surface area contributed by atoms with Gasteiger partial charge < -0.3 is 9.16 Å². The van der Waals surface area contributed by atoms with Crippen LogP contribution in [0.2, 0.25) is 6.04 Å². The molecular formula is C10H20N2O4Si. The molecule has 2 amide bonds. The van der Waals surface area contributed by atoms with Gasteiger partial charge in [0, 0.05) is 0 Å². The van der Waals surface area contributed by atoms with Crippen LogP contribution >= 0.6 is 0 Å². The Hall–Kier alpha value is -1.24. The van der Waals surface area contributed by atoms with Gasteiger partial charge in [0.15, 0.2) is 0 Å². The van der Waals surface area contributed by atoms with E-state index in [9.17, 15) is 9.59 Å². The summed E-state index contributed by atoms with van der Waals surface area (Å²) in [5.74, 6) is 0.225. The molecule has 7 heteroatoms. The summed E-state index contributed by atoms with van der Waals surface area (Å²) in [5.41, 5.74) is 0. The van der Waals surface area contributed by atoms with Gasteiger partial charge in [0.1, 0.15) is 0 Å². The molecule has 0 N–H and O–H groups in total. The van der Waals surface area contributed by atoms with Crippen LogP contribution in [0.5, 0.6) is 0 Å². The molecule has 98 valence electrons. The van der Waals surface area contributed by atoms with Crippen LogP contribution in [0.4, 0.5) is 9.59 Å². The van der Waals surface area contributed by atoms with Gasteiger partial charge in [-0.15, -0.1) is 0 Å². The molecule has 0 aliphatic rings. The van der Waals surface area contributed by atoms with Gasteiger partial charge >= 0.3 is 12.2 Å². The van der Waals surface area contributed by atoms with Crippen molar-refractivity contribution in [2.75, 3.05) is 6.61 Å². The molecule has 0 heterocycles. The van der Waals surface area contributed by atoms with E-state index in [0.717, 1.165) is 18.9 Å². The van der Waals surface area contributed by atoms with E-state index in [0.29, 0.717) is 0 Å². The van der Waals surface area contributed by atoms with E-state index in [4.69, 9.17) is 9.16 Å². The first-order valence-corrected chi connectivity index (χ1v) is 7.39. The summed E-state index contributed by atoms with van der Waals surface area (Å²) in [5, 5.41) is 6.23. The first-order chi connectivity index (χ1) is 8.06. The second-order valence-electron chi connectivity index (χ2n) is 3.99. The minimum absolute atomic E-state index is 0.225. The van der Waals surface area contributed by atoms with Crippen molar-refractivity contribution < 1.29 is 18.8 Å². The number of rotatable bonds is 6. The van der Waals surface area contributed by atoms with Crippen molar-refractivity contribution in [2.45, 2.75) is 39.7 Å². The predicted octanol–water partition coefficient (Wildman–Crippen LogP) is 2.67. The van der Waals surface area contributed by atoms with Crippen molar-refractivity contribution in [2.24, 2.45) is 16.1 Å². The highest BCUT2D eigenvalue weighted by Gasteiger charge is 2.04. The van der Waals surface area contributed by atoms with Crippen LogP contribution < -0.4 is 0 Å². The molecule has 0 aromatic carbocycles. The van der Waals surface area contributed by atoms with Crippen LogP contribution in [0.15, 0.2) is 10.2 Å². The highest BCUT2D eigenvalue weighted by molar-refractivity contribution is 6.30. The largest absolute Gasteiger partial charge is 0.507 e. The molecule has 0 bridgehead atoms. The Morgan fingerprint density at radius 2 is 1.88 bits per heavy atom. The Labute approximate surface area is 104 Å². The predicted molar refractivity (Wildman–Crippen MR) is 65.8 cm³/mol. The average Bonchev–Trinajstić information content (AvgIpc) is 2.29. The van der Waals surface area contributed by atoms with Gasteiger partial charge in [0.25, 0.3) is 0 Å². The molecule has 0 aromatic heterocycles. The summed E-state index contributed by atoms with van der Waals surface area (Å²) in [6.45, 7) is 6.13. The fraction of sp³-hybridized carbons (Fsp3) is 0.800. The zero-order chi connectivity index (χ0) is 13.1. The standard InChI is InChI=1S/C10H20N2O4Si/c1-4-5-6-17-16-10(14)12-11-9(13)15-7-8(2)3/h8H,4-7,17H2,1-3H3. The molecular weight excluding hydrogens is 240 g/mol. The number of hydrogen-bond acceptors (Lipinski definition) is 4. The second-order valence-corrected chi connectivity index (χ2v) is 5.40. The third kappa shape index (κ3) is 11.0. The average molecular weight is 260 g/mol. The molecule has 0 unspecified atom stereocenters. The molecule has 0 aliphatic carbocycles. The van der Waals surface area contributed by atoms with Crippen molar-refractivity contribution in [1.82, 2.24) is 0 Å². The third-order valence-corrected chi connectivity index (χ3v) is 2.97. The van der Waals surface area contributed by atoms with Gasteiger partial charge in [-0.3, -0.25) is 0 Å². The van der Waals surface area contributed by atoms with Gasteiger partial charge in [-0.05, 0) is 12.0 Å². The lowest BCUT2D eigenvalue weighted by molar-refractivity contribution is 0.141. The van der Waals surface area contributed by atoms with E-state index in [2.05, 4.69) is 17.2 Å². The van der Waals surface area contributed by atoms with Gasteiger partial charge in [-0.25, -0.2) is 9.59 Å². The lowest BCUT2D eigenvalue weighted by atomic mass is 10.2. The zero-order valence-corrected chi connectivity index (χ0v) is 12.1. The van der Waals surface area contributed by atoms with Gasteiger partial charge in [-0.1, -0.05) is 43.8 Å². The fourth-order valence-electron chi connectivity index (χ4n) is 0.889. The van der Waals surface area contributed by atoms with Crippen molar-refractivity contribution in [3.63, 3.8) is 0 Å². The Bertz CT molecular complexity index is 269. The van der Waals surface area contributed by atoms with Crippen LogP contribution in [0.1, 0.15) is 33.6 Å². The van der Waals surface area contributed by atoms with Crippen LogP contribution in [-0.2, 0) is 9.16 Å². The SMILES string of the molecule is CCCC[SiH2]OC(=O)N=NC(=O)OCC(C)C. The number of azo groups is 1. The molecule has 0 fully saturated rings. The van der Waals surface area contributed by atoms with Crippen LogP contribution in [0.25, 0.3) is 0 Å². The fourth-order valence-corrected chi connectivity index (χ4v) is 1.97. The van der Waals surface area contributed by atoms with Crippen molar-refractivity contribution in [1.29, 1.82) is 0 Å². The lowest BCUT2D eigenvalue weighted by Crippen LogP contribution is -2.07. The minimum Gasteiger partial charge on any atom is -0.507 e. The summed E-state index contributed by atoms with van der Waals surface area (Å²) in [6.07, 6.45) is 0.473. The van der Waals surface area contributed by atoms with E-state index in [1.54, 1.807) is 0 Å². The van der Waals surface area contributed by atoms with Crippen LogP contribution in [0.3, 0.4) is 0 Å². The van der Waals surface area contributed by atoms with E-state index >= 15 is 0 Å².